The Morgan fingerprint density at radius 1 is 1.34 bits per heavy atom. The molecule has 166 valence electrons. The molecule has 1 saturated carbocycles. The lowest BCUT2D eigenvalue weighted by atomic mass is 9.67. The zero-order valence-electron chi connectivity index (χ0n) is 18.4. The molecule has 0 spiro atoms. The summed E-state index contributed by atoms with van der Waals surface area (Å²) in [4.78, 5) is 16.7. The SMILES string of the molecule is CO[C@]1(C(=O)O)C[C@H](c2c(C(C)C)n(-c3ccc(F)c(C)c3)c3cc4cn[nH]c4nc32)C1. The van der Waals surface area contributed by atoms with Crippen molar-refractivity contribution in [2.24, 2.45) is 0 Å². The number of aryl methyl sites for hydroxylation is 1. The van der Waals surface area contributed by atoms with E-state index in [4.69, 9.17) is 9.72 Å². The molecule has 1 aliphatic rings. The predicted molar refractivity (Wildman–Crippen MR) is 119 cm³/mol. The second-order valence-electron chi connectivity index (χ2n) is 9.00. The minimum absolute atomic E-state index is 0.0124. The lowest BCUT2D eigenvalue weighted by molar-refractivity contribution is -0.175. The molecule has 0 bridgehead atoms. The number of carbonyl (C=O) groups is 1. The van der Waals surface area contributed by atoms with E-state index >= 15 is 0 Å². The number of hydrogen-bond donors (Lipinski definition) is 2. The van der Waals surface area contributed by atoms with E-state index in [2.05, 4.69) is 28.6 Å². The van der Waals surface area contributed by atoms with Gasteiger partial charge in [-0.2, -0.15) is 5.10 Å². The van der Waals surface area contributed by atoms with Gasteiger partial charge in [-0.25, -0.2) is 14.2 Å². The van der Waals surface area contributed by atoms with Crippen molar-refractivity contribution in [3.8, 4) is 5.69 Å². The molecule has 0 radical (unpaired) electrons. The number of ether oxygens (including phenoxy) is 1. The number of aliphatic carboxylic acids is 1. The van der Waals surface area contributed by atoms with Crippen molar-refractivity contribution >= 4 is 28.0 Å². The molecular formula is C24H25FN4O3. The van der Waals surface area contributed by atoms with E-state index in [0.717, 1.165) is 33.4 Å². The van der Waals surface area contributed by atoms with Gasteiger partial charge in [0, 0.05) is 29.4 Å². The number of carboxylic acid groups (broad SMARTS) is 1. The van der Waals surface area contributed by atoms with Crippen LogP contribution in [0.3, 0.4) is 0 Å². The van der Waals surface area contributed by atoms with Gasteiger partial charge in [-0.15, -0.1) is 0 Å². The largest absolute Gasteiger partial charge is 0.479 e. The molecule has 3 heterocycles. The molecule has 0 amide bonds. The first-order valence-electron chi connectivity index (χ1n) is 10.7. The number of rotatable bonds is 5. The van der Waals surface area contributed by atoms with Gasteiger partial charge in [0.1, 0.15) is 5.82 Å². The van der Waals surface area contributed by atoms with Gasteiger partial charge in [-0.05, 0) is 61.4 Å². The monoisotopic (exact) mass is 436 g/mol. The van der Waals surface area contributed by atoms with Crippen molar-refractivity contribution in [2.75, 3.05) is 7.11 Å². The molecule has 3 aromatic heterocycles. The number of halogens is 1. The van der Waals surface area contributed by atoms with E-state index in [1.807, 2.05) is 12.1 Å². The molecule has 7 nitrogen and oxygen atoms in total. The van der Waals surface area contributed by atoms with Gasteiger partial charge in [-0.1, -0.05) is 13.8 Å². The van der Waals surface area contributed by atoms with Crippen LogP contribution in [0, 0.1) is 12.7 Å². The van der Waals surface area contributed by atoms with Crippen LogP contribution in [0.4, 0.5) is 4.39 Å². The van der Waals surface area contributed by atoms with Crippen LogP contribution >= 0.6 is 0 Å². The van der Waals surface area contributed by atoms with Crippen molar-refractivity contribution in [3.05, 3.63) is 53.1 Å². The van der Waals surface area contributed by atoms with Gasteiger partial charge >= 0.3 is 5.97 Å². The third-order valence-corrected chi connectivity index (χ3v) is 6.71. The maximum absolute atomic E-state index is 14.0. The first-order chi connectivity index (χ1) is 15.3. The summed E-state index contributed by atoms with van der Waals surface area (Å²) < 4.78 is 21.6. The Labute approximate surface area is 184 Å². The van der Waals surface area contributed by atoms with Crippen LogP contribution in [0.25, 0.3) is 27.8 Å². The number of carboxylic acids is 1. The molecule has 5 rings (SSSR count). The van der Waals surface area contributed by atoms with Crippen LogP contribution < -0.4 is 0 Å². The second kappa shape index (κ2) is 7.13. The summed E-state index contributed by atoms with van der Waals surface area (Å²) in [5.74, 6) is -1.08. The lowest BCUT2D eigenvalue weighted by Crippen LogP contribution is -2.51. The standard InChI is InChI=1S/C24H25FN4O3/c1-12(2)21-19(15-9-24(10-15,32-4)23(30)31)20-18(8-14-11-26-28-22(14)27-20)29(21)16-5-6-17(25)13(3)7-16/h5-8,11-12,15H,9-10H2,1-4H3,(H,30,31)(H,26,27,28)/t15-,24+. The van der Waals surface area contributed by atoms with Crippen LogP contribution in [0.1, 0.15) is 55.3 Å². The Morgan fingerprint density at radius 3 is 2.72 bits per heavy atom. The van der Waals surface area contributed by atoms with Crippen LogP contribution in [0.5, 0.6) is 0 Å². The number of nitrogens with one attached hydrogen (secondary N) is 1. The minimum atomic E-state index is -1.17. The smallest absolute Gasteiger partial charge is 0.335 e. The Balaban J connectivity index is 1.80. The number of hydrogen-bond acceptors (Lipinski definition) is 4. The number of aromatic amines is 1. The third kappa shape index (κ3) is 2.86. The molecular weight excluding hydrogens is 411 g/mol. The Hall–Kier alpha value is -3.26. The molecule has 0 saturated heterocycles. The fraction of sp³-hybridized carbons (Fsp3) is 0.375. The zero-order chi connectivity index (χ0) is 22.8. The average Bonchev–Trinajstić information content (AvgIpc) is 3.30. The second-order valence-corrected chi connectivity index (χ2v) is 9.00. The zero-order valence-corrected chi connectivity index (χ0v) is 18.4. The fourth-order valence-corrected chi connectivity index (χ4v) is 5.00. The molecule has 2 N–H and O–H groups in total. The molecule has 0 atom stereocenters. The summed E-state index contributed by atoms with van der Waals surface area (Å²) in [5, 5.41) is 17.6. The summed E-state index contributed by atoms with van der Waals surface area (Å²) in [7, 11) is 1.45. The van der Waals surface area contributed by atoms with E-state index in [1.165, 1.54) is 13.2 Å². The third-order valence-electron chi connectivity index (χ3n) is 6.71. The summed E-state index contributed by atoms with van der Waals surface area (Å²) in [5.41, 5.74) is 4.72. The predicted octanol–water partition coefficient (Wildman–Crippen LogP) is 4.82. The number of fused-ring (bicyclic) bond motifs is 2. The lowest BCUT2D eigenvalue weighted by Gasteiger charge is -2.43. The van der Waals surface area contributed by atoms with Crippen molar-refractivity contribution < 1.29 is 19.0 Å². The van der Waals surface area contributed by atoms with Gasteiger partial charge in [0.2, 0.25) is 0 Å². The van der Waals surface area contributed by atoms with Crippen molar-refractivity contribution in [3.63, 3.8) is 0 Å². The molecule has 0 unspecified atom stereocenters. The molecule has 8 heteroatoms. The number of H-pyrrole nitrogens is 1. The molecule has 1 aliphatic carbocycles. The number of benzene rings is 1. The van der Waals surface area contributed by atoms with Crippen LogP contribution in [-0.2, 0) is 9.53 Å². The molecule has 4 aromatic rings. The van der Waals surface area contributed by atoms with E-state index in [1.54, 1.807) is 19.2 Å². The van der Waals surface area contributed by atoms with Gasteiger partial charge in [-0.3, -0.25) is 5.10 Å². The summed E-state index contributed by atoms with van der Waals surface area (Å²) >= 11 is 0. The normalized spacial score (nSPS) is 20.9. The highest BCUT2D eigenvalue weighted by Gasteiger charge is 2.53. The van der Waals surface area contributed by atoms with Crippen molar-refractivity contribution in [1.82, 2.24) is 19.7 Å². The van der Waals surface area contributed by atoms with Gasteiger partial charge in [0.15, 0.2) is 11.2 Å². The van der Waals surface area contributed by atoms with Gasteiger partial charge < -0.3 is 14.4 Å². The number of methoxy groups -OCH3 is 1. The van der Waals surface area contributed by atoms with Gasteiger partial charge in [0.25, 0.3) is 0 Å². The minimum Gasteiger partial charge on any atom is -0.479 e. The van der Waals surface area contributed by atoms with Crippen LogP contribution in [-0.4, -0.2) is 43.5 Å². The summed E-state index contributed by atoms with van der Waals surface area (Å²) in [6, 6.07) is 7.12. The van der Waals surface area contributed by atoms with Crippen molar-refractivity contribution in [2.45, 2.75) is 51.0 Å². The van der Waals surface area contributed by atoms with E-state index in [0.29, 0.717) is 24.1 Å². The maximum atomic E-state index is 14.0. The average molecular weight is 436 g/mol. The number of nitrogens with zero attached hydrogens (tertiary/aromatic N) is 3. The highest BCUT2D eigenvalue weighted by atomic mass is 19.1. The van der Waals surface area contributed by atoms with Crippen LogP contribution in [0.15, 0.2) is 30.5 Å². The summed E-state index contributed by atoms with van der Waals surface area (Å²) in [6.07, 6.45) is 2.49. The Morgan fingerprint density at radius 2 is 2.09 bits per heavy atom. The first-order valence-corrected chi connectivity index (χ1v) is 10.7. The Bertz CT molecular complexity index is 1360. The number of pyridine rings is 1. The number of aromatic nitrogens is 4. The van der Waals surface area contributed by atoms with E-state index in [-0.39, 0.29) is 17.7 Å². The summed E-state index contributed by atoms with van der Waals surface area (Å²) in [6.45, 7) is 5.97. The highest BCUT2D eigenvalue weighted by molar-refractivity contribution is 5.94. The maximum Gasteiger partial charge on any atom is 0.335 e. The van der Waals surface area contributed by atoms with Crippen molar-refractivity contribution in [1.29, 1.82) is 0 Å². The molecule has 0 aliphatic heterocycles. The molecule has 1 fully saturated rings. The topological polar surface area (TPSA) is 93.0 Å². The van der Waals surface area contributed by atoms with E-state index in [9.17, 15) is 14.3 Å². The first kappa shape index (κ1) is 20.6. The van der Waals surface area contributed by atoms with Crippen LogP contribution in [0.2, 0.25) is 0 Å². The highest BCUT2D eigenvalue weighted by Crippen LogP contribution is 2.51. The van der Waals surface area contributed by atoms with E-state index < -0.39 is 11.6 Å². The molecule has 1 aromatic carbocycles. The van der Waals surface area contributed by atoms with Gasteiger partial charge in [0.05, 0.1) is 17.2 Å². The fourth-order valence-electron chi connectivity index (χ4n) is 5.00. The Kier molecular flexibility index (Phi) is 4.60. The quantitative estimate of drug-likeness (QED) is 0.468. The molecule has 32 heavy (non-hydrogen) atoms.